The lowest BCUT2D eigenvalue weighted by Crippen LogP contribution is -2.46. The van der Waals surface area contributed by atoms with Crippen LogP contribution in [0.3, 0.4) is 0 Å². The third-order valence-electron chi connectivity index (χ3n) is 5.31. The summed E-state index contributed by atoms with van der Waals surface area (Å²) in [4.78, 5) is 29.0. The molecule has 0 radical (unpaired) electrons. The predicted octanol–water partition coefficient (Wildman–Crippen LogP) is 4.48. The SMILES string of the molecule is CC(C)(CBr)c1ccc(NC(=O)OCc2ccccc2)c(C(=O)OO)c1OC[C@H]1CCN1. The second-order valence-corrected chi connectivity index (χ2v) is 8.76. The monoisotopic (exact) mass is 506 g/mol. The van der Waals surface area contributed by atoms with Gasteiger partial charge in [0, 0.05) is 22.4 Å². The first kappa shape index (κ1) is 24.0. The van der Waals surface area contributed by atoms with E-state index in [2.05, 4.69) is 31.5 Å². The van der Waals surface area contributed by atoms with Gasteiger partial charge in [0.1, 0.15) is 24.5 Å². The summed E-state index contributed by atoms with van der Waals surface area (Å²) in [6, 6.07) is 12.7. The van der Waals surface area contributed by atoms with Gasteiger partial charge in [0.25, 0.3) is 0 Å². The highest BCUT2D eigenvalue weighted by Gasteiger charge is 2.32. The van der Waals surface area contributed by atoms with E-state index in [1.165, 1.54) is 0 Å². The number of nitrogens with one attached hydrogen (secondary N) is 2. The Morgan fingerprint density at radius 1 is 1.22 bits per heavy atom. The number of carbonyl (C=O) groups is 2. The molecule has 1 heterocycles. The summed E-state index contributed by atoms with van der Waals surface area (Å²) in [7, 11) is 0. The lowest BCUT2D eigenvalue weighted by Gasteiger charge is -2.31. The van der Waals surface area contributed by atoms with Crippen LogP contribution in [0.2, 0.25) is 0 Å². The maximum Gasteiger partial charge on any atom is 0.411 e. The Bertz CT molecular complexity index is 947. The van der Waals surface area contributed by atoms with Crippen molar-refractivity contribution in [2.45, 2.75) is 38.3 Å². The number of alkyl halides is 1. The van der Waals surface area contributed by atoms with Crippen LogP contribution in [-0.2, 0) is 21.6 Å². The molecule has 2 aromatic carbocycles. The van der Waals surface area contributed by atoms with E-state index in [1.54, 1.807) is 12.1 Å². The van der Waals surface area contributed by atoms with E-state index in [0.717, 1.165) is 24.1 Å². The van der Waals surface area contributed by atoms with Gasteiger partial charge in [0.05, 0.1) is 5.69 Å². The van der Waals surface area contributed by atoms with Crippen LogP contribution in [0.5, 0.6) is 5.75 Å². The maximum atomic E-state index is 12.5. The summed E-state index contributed by atoms with van der Waals surface area (Å²) < 4.78 is 11.3. The van der Waals surface area contributed by atoms with Crippen LogP contribution in [0.4, 0.5) is 10.5 Å². The molecule has 0 saturated carbocycles. The van der Waals surface area contributed by atoms with Crippen molar-refractivity contribution < 1.29 is 29.2 Å². The molecule has 0 aromatic heterocycles. The Morgan fingerprint density at radius 3 is 2.53 bits per heavy atom. The number of rotatable bonds is 9. The molecule has 0 spiro atoms. The van der Waals surface area contributed by atoms with Gasteiger partial charge in [-0.3, -0.25) is 10.2 Å². The summed E-state index contributed by atoms with van der Waals surface area (Å²) in [5.74, 6) is -0.782. The van der Waals surface area contributed by atoms with Gasteiger partial charge in [0.2, 0.25) is 0 Å². The second-order valence-electron chi connectivity index (χ2n) is 8.20. The minimum atomic E-state index is -1.04. The smallest absolute Gasteiger partial charge is 0.411 e. The molecule has 1 aliphatic heterocycles. The number of hydrogen-bond donors (Lipinski definition) is 3. The molecule has 0 aliphatic carbocycles. The fourth-order valence-corrected chi connectivity index (χ4v) is 3.54. The molecule has 1 amide bonds. The molecule has 1 atom stereocenters. The molecule has 8 nitrogen and oxygen atoms in total. The van der Waals surface area contributed by atoms with Crippen molar-refractivity contribution in [2.75, 3.05) is 23.8 Å². The molecule has 172 valence electrons. The minimum absolute atomic E-state index is 0.0673. The normalized spacial score (nSPS) is 15.4. The van der Waals surface area contributed by atoms with Crippen molar-refractivity contribution in [1.29, 1.82) is 0 Å². The number of anilines is 1. The Kier molecular flexibility index (Phi) is 8.11. The molecule has 0 bridgehead atoms. The molecular formula is C23H27BrN2O6. The molecule has 2 aromatic rings. The van der Waals surface area contributed by atoms with Gasteiger partial charge in [-0.25, -0.2) is 9.59 Å². The quantitative estimate of drug-likeness (QED) is 0.261. The zero-order chi connectivity index (χ0) is 23.1. The Morgan fingerprint density at radius 2 is 1.94 bits per heavy atom. The zero-order valence-electron chi connectivity index (χ0n) is 18.0. The van der Waals surface area contributed by atoms with Crippen molar-refractivity contribution in [3.8, 4) is 5.75 Å². The number of benzene rings is 2. The van der Waals surface area contributed by atoms with Gasteiger partial charge in [-0.15, -0.1) is 0 Å². The molecule has 1 saturated heterocycles. The van der Waals surface area contributed by atoms with Gasteiger partial charge in [0.15, 0.2) is 0 Å². The van der Waals surface area contributed by atoms with Crippen molar-refractivity contribution in [2.24, 2.45) is 0 Å². The predicted molar refractivity (Wildman–Crippen MR) is 123 cm³/mol. The van der Waals surface area contributed by atoms with Gasteiger partial charge in [-0.2, -0.15) is 5.26 Å². The standard InChI is InChI=1S/C23H27BrN2O6/c1-23(2,14-24)17-8-9-18(26-22(28)31-12-15-6-4-3-5-7-15)19(21(27)32-29)20(17)30-13-16-10-11-25-16/h3-9,16,25,29H,10-14H2,1-2H3,(H,26,28)/t16-/m1/s1. The average Bonchev–Trinajstić information content (AvgIpc) is 2.76. The van der Waals surface area contributed by atoms with Crippen molar-refractivity contribution in [3.63, 3.8) is 0 Å². The number of carbonyl (C=O) groups excluding carboxylic acids is 2. The molecule has 1 fully saturated rings. The van der Waals surface area contributed by atoms with Crippen molar-refractivity contribution in [3.05, 3.63) is 59.2 Å². The molecule has 1 aliphatic rings. The van der Waals surface area contributed by atoms with Crippen LogP contribution in [-0.4, -0.2) is 41.8 Å². The summed E-state index contributed by atoms with van der Waals surface area (Å²) in [6.45, 7) is 5.28. The summed E-state index contributed by atoms with van der Waals surface area (Å²) >= 11 is 3.50. The Labute approximate surface area is 195 Å². The third kappa shape index (κ3) is 5.79. The number of ether oxygens (including phenoxy) is 2. The minimum Gasteiger partial charge on any atom is -0.491 e. The van der Waals surface area contributed by atoms with Crippen LogP contribution in [0.1, 0.15) is 41.8 Å². The topological polar surface area (TPSA) is 106 Å². The van der Waals surface area contributed by atoms with E-state index in [0.29, 0.717) is 11.9 Å². The highest BCUT2D eigenvalue weighted by Crippen LogP contribution is 2.39. The lowest BCUT2D eigenvalue weighted by atomic mass is 9.84. The van der Waals surface area contributed by atoms with E-state index >= 15 is 0 Å². The van der Waals surface area contributed by atoms with Crippen LogP contribution in [0.15, 0.2) is 42.5 Å². The number of halogens is 1. The third-order valence-corrected chi connectivity index (χ3v) is 6.71. The maximum absolute atomic E-state index is 12.5. The van der Waals surface area contributed by atoms with Crippen molar-refractivity contribution in [1.82, 2.24) is 5.32 Å². The zero-order valence-corrected chi connectivity index (χ0v) is 19.6. The van der Waals surface area contributed by atoms with E-state index in [4.69, 9.17) is 14.7 Å². The fraction of sp³-hybridized carbons (Fsp3) is 0.391. The van der Waals surface area contributed by atoms with Crippen LogP contribution < -0.4 is 15.4 Å². The summed E-state index contributed by atoms with van der Waals surface area (Å²) in [5, 5.41) is 15.5. The molecule has 3 rings (SSSR count). The van der Waals surface area contributed by atoms with Gasteiger partial charge < -0.3 is 14.8 Å². The molecular weight excluding hydrogens is 480 g/mol. The van der Waals surface area contributed by atoms with E-state index < -0.39 is 17.5 Å². The molecule has 3 N–H and O–H groups in total. The van der Waals surface area contributed by atoms with Crippen LogP contribution in [0.25, 0.3) is 0 Å². The highest BCUT2D eigenvalue weighted by atomic mass is 79.9. The van der Waals surface area contributed by atoms with E-state index in [9.17, 15) is 9.59 Å². The van der Waals surface area contributed by atoms with Gasteiger partial charge in [-0.05, 0) is 24.6 Å². The largest absolute Gasteiger partial charge is 0.491 e. The van der Waals surface area contributed by atoms with E-state index in [-0.39, 0.29) is 29.6 Å². The number of amides is 1. The molecule has 32 heavy (non-hydrogen) atoms. The number of hydrogen-bond acceptors (Lipinski definition) is 7. The van der Waals surface area contributed by atoms with Gasteiger partial charge in [-0.1, -0.05) is 66.2 Å². The Hall–Kier alpha value is -2.62. The molecule has 0 unspecified atom stereocenters. The summed E-state index contributed by atoms with van der Waals surface area (Å²) in [5.41, 5.74) is 1.20. The summed E-state index contributed by atoms with van der Waals surface area (Å²) in [6.07, 6.45) is 0.209. The van der Waals surface area contributed by atoms with Crippen molar-refractivity contribution >= 4 is 33.7 Å². The second kappa shape index (κ2) is 10.8. The lowest BCUT2D eigenvalue weighted by molar-refractivity contribution is -0.182. The highest BCUT2D eigenvalue weighted by molar-refractivity contribution is 9.09. The molecule has 9 heteroatoms. The van der Waals surface area contributed by atoms with E-state index in [1.807, 2.05) is 44.2 Å². The fourth-order valence-electron chi connectivity index (χ4n) is 3.23. The first-order valence-corrected chi connectivity index (χ1v) is 11.4. The average molecular weight is 507 g/mol. The van der Waals surface area contributed by atoms with Crippen LogP contribution in [0, 0.1) is 0 Å². The van der Waals surface area contributed by atoms with Crippen LogP contribution >= 0.6 is 15.9 Å². The first-order valence-electron chi connectivity index (χ1n) is 10.3. The first-order chi connectivity index (χ1) is 15.4. The van der Waals surface area contributed by atoms with Gasteiger partial charge >= 0.3 is 12.1 Å². The Balaban J connectivity index is 1.89.